The lowest BCUT2D eigenvalue weighted by molar-refractivity contribution is 0.0204. The molecular weight excluding hydrogens is 320 g/mol. The van der Waals surface area contributed by atoms with Crippen molar-refractivity contribution in [2.24, 2.45) is 7.05 Å². The van der Waals surface area contributed by atoms with Gasteiger partial charge in [0.15, 0.2) is 0 Å². The molecule has 3 aromatic rings. The molecule has 1 aromatic heterocycles. The summed E-state index contributed by atoms with van der Waals surface area (Å²) < 4.78 is 13.8. The molecule has 6 heteroatoms. The molecule has 0 aliphatic rings. The number of para-hydroxylation sites is 2. The summed E-state index contributed by atoms with van der Waals surface area (Å²) in [6, 6.07) is 15.1. The van der Waals surface area contributed by atoms with E-state index in [-0.39, 0.29) is 18.8 Å². The number of rotatable bonds is 7. The number of hydrogen-bond donors (Lipinski definition) is 1. The zero-order valence-corrected chi connectivity index (χ0v) is 14.4. The van der Waals surface area contributed by atoms with Crippen molar-refractivity contribution >= 4 is 11.0 Å². The zero-order chi connectivity index (χ0) is 17.8. The number of aliphatic hydroxyl groups is 1. The lowest BCUT2D eigenvalue weighted by Gasteiger charge is -2.12. The minimum atomic E-state index is -0.762. The first-order valence-corrected chi connectivity index (χ1v) is 8.13. The van der Waals surface area contributed by atoms with Gasteiger partial charge in [-0.25, -0.2) is 4.79 Å². The molecule has 1 heterocycles. The van der Waals surface area contributed by atoms with Gasteiger partial charge in [-0.2, -0.15) is 0 Å². The van der Waals surface area contributed by atoms with Crippen LogP contribution in [-0.2, 0) is 24.9 Å². The van der Waals surface area contributed by atoms with Crippen LogP contribution in [0.25, 0.3) is 11.0 Å². The average Bonchev–Trinajstić information content (AvgIpc) is 2.88. The van der Waals surface area contributed by atoms with Gasteiger partial charge in [-0.15, -0.1) is 0 Å². The Bertz CT molecular complexity index is 896. The molecule has 3 rings (SSSR count). The Morgan fingerprint density at radius 3 is 2.44 bits per heavy atom. The van der Waals surface area contributed by atoms with Crippen LogP contribution < -0.4 is 10.4 Å². The standard InChI is InChI=1S/C19H22N2O4/c1-20-17-5-3-4-6-18(17)21(19(20)23)11-15(22)13-25-12-14-7-9-16(24-2)10-8-14/h3-10,15,22H,11-13H2,1-2H3. The topological polar surface area (TPSA) is 65.6 Å². The first-order valence-electron chi connectivity index (χ1n) is 8.13. The molecule has 2 aromatic carbocycles. The van der Waals surface area contributed by atoms with Crippen LogP contribution in [0, 0.1) is 0 Å². The second kappa shape index (κ2) is 7.55. The molecule has 1 atom stereocenters. The molecule has 0 aliphatic carbocycles. The van der Waals surface area contributed by atoms with Crippen molar-refractivity contribution in [1.82, 2.24) is 9.13 Å². The molecule has 0 saturated heterocycles. The third kappa shape index (κ3) is 3.75. The van der Waals surface area contributed by atoms with Crippen molar-refractivity contribution in [1.29, 1.82) is 0 Å². The number of aromatic nitrogens is 2. The Labute approximate surface area is 145 Å². The highest BCUT2D eigenvalue weighted by Gasteiger charge is 2.14. The summed E-state index contributed by atoms with van der Waals surface area (Å²) in [6.45, 7) is 0.746. The lowest BCUT2D eigenvalue weighted by Crippen LogP contribution is -2.29. The van der Waals surface area contributed by atoms with E-state index in [4.69, 9.17) is 9.47 Å². The minimum Gasteiger partial charge on any atom is -0.497 e. The summed E-state index contributed by atoms with van der Waals surface area (Å²) >= 11 is 0. The van der Waals surface area contributed by atoms with Crippen LogP contribution in [0.1, 0.15) is 5.56 Å². The molecule has 132 valence electrons. The van der Waals surface area contributed by atoms with Crippen molar-refractivity contribution in [3.63, 3.8) is 0 Å². The predicted molar refractivity (Wildman–Crippen MR) is 95.8 cm³/mol. The monoisotopic (exact) mass is 342 g/mol. The van der Waals surface area contributed by atoms with Gasteiger partial charge in [0, 0.05) is 7.05 Å². The molecule has 0 aliphatic heterocycles. The maximum Gasteiger partial charge on any atom is 0.328 e. The summed E-state index contributed by atoms with van der Waals surface area (Å²) in [5.74, 6) is 0.791. The van der Waals surface area contributed by atoms with Crippen LogP contribution in [0.4, 0.5) is 0 Å². The normalized spacial score (nSPS) is 12.4. The quantitative estimate of drug-likeness (QED) is 0.712. The van der Waals surface area contributed by atoms with E-state index in [0.29, 0.717) is 6.61 Å². The van der Waals surface area contributed by atoms with Crippen LogP contribution in [0.15, 0.2) is 53.3 Å². The van der Waals surface area contributed by atoms with Gasteiger partial charge in [-0.1, -0.05) is 24.3 Å². The Morgan fingerprint density at radius 2 is 1.76 bits per heavy atom. The Morgan fingerprint density at radius 1 is 1.08 bits per heavy atom. The molecule has 6 nitrogen and oxygen atoms in total. The number of methoxy groups -OCH3 is 1. The van der Waals surface area contributed by atoms with Crippen LogP contribution in [-0.4, -0.2) is 34.1 Å². The maximum atomic E-state index is 12.3. The van der Waals surface area contributed by atoms with E-state index < -0.39 is 6.10 Å². The van der Waals surface area contributed by atoms with E-state index in [0.717, 1.165) is 22.3 Å². The highest BCUT2D eigenvalue weighted by Crippen LogP contribution is 2.13. The number of nitrogens with zero attached hydrogens (tertiary/aromatic N) is 2. The van der Waals surface area contributed by atoms with E-state index in [2.05, 4.69) is 0 Å². The van der Waals surface area contributed by atoms with Gasteiger partial charge >= 0.3 is 5.69 Å². The molecule has 1 unspecified atom stereocenters. The number of hydrogen-bond acceptors (Lipinski definition) is 4. The summed E-state index contributed by atoms with van der Waals surface area (Å²) in [7, 11) is 3.35. The SMILES string of the molecule is COc1ccc(COCC(O)Cn2c(=O)n(C)c3ccccc32)cc1. The highest BCUT2D eigenvalue weighted by atomic mass is 16.5. The van der Waals surface area contributed by atoms with Gasteiger partial charge in [0.1, 0.15) is 5.75 Å². The third-order valence-electron chi connectivity index (χ3n) is 4.18. The fourth-order valence-electron chi connectivity index (χ4n) is 2.84. The van der Waals surface area contributed by atoms with Gasteiger partial charge in [0.05, 0.1) is 44.0 Å². The number of imidazole rings is 1. The van der Waals surface area contributed by atoms with Crippen molar-refractivity contribution in [2.75, 3.05) is 13.7 Å². The first-order chi connectivity index (χ1) is 12.1. The molecule has 0 spiro atoms. The molecular formula is C19H22N2O4. The fraction of sp³-hybridized carbons (Fsp3) is 0.316. The number of benzene rings is 2. The fourth-order valence-corrected chi connectivity index (χ4v) is 2.84. The second-order valence-corrected chi connectivity index (χ2v) is 5.96. The van der Waals surface area contributed by atoms with Crippen molar-refractivity contribution in [3.05, 3.63) is 64.6 Å². The maximum absolute atomic E-state index is 12.3. The number of aliphatic hydroxyl groups excluding tert-OH is 1. The summed E-state index contributed by atoms with van der Waals surface area (Å²) in [5, 5.41) is 10.2. The predicted octanol–water partition coefficient (Wildman–Crippen LogP) is 1.93. The molecule has 0 fully saturated rings. The minimum absolute atomic E-state index is 0.143. The molecule has 0 bridgehead atoms. The number of fused-ring (bicyclic) bond motifs is 1. The van der Waals surface area contributed by atoms with E-state index >= 15 is 0 Å². The zero-order valence-electron chi connectivity index (χ0n) is 14.4. The molecule has 1 N–H and O–H groups in total. The average molecular weight is 342 g/mol. The number of aryl methyl sites for hydroxylation is 1. The molecule has 25 heavy (non-hydrogen) atoms. The van der Waals surface area contributed by atoms with Crippen LogP contribution in [0.2, 0.25) is 0 Å². The van der Waals surface area contributed by atoms with Crippen molar-refractivity contribution in [2.45, 2.75) is 19.3 Å². The van der Waals surface area contributed by atoms with Gasteiger partial charge in [0.2, 0.25) is 0 Å². The summed E-state index contributed by atoms with van der Waals surface area (Å²) in [6.07, 6.45) is -0.762. The highest BCUT2D eigenvalue weighted by molar-refractivity contribution is 5.75. The smallest absolute Gasteiger partial charge is 0.328 e. The number of ether oxygens (including phenoxy) is 2. The second-order valence-electron chi connectivity index (χ2n) is 5.96. The molecule has 0 amide bonds. The third-order valence-corrected chi connectivity index (χ3v) is 4.18. The first kappa shape index (κ1) is 17.3. The Kier molecular flexibility index (Phi) is 5.21. The molecule has 0 saturated carbocycles. The van der Waals surface area contributed by atoms with Crippen LogP contribution >= 0.6 is 0 Å². The summed E-state index contributed by atoms with van der Waals surface area (Å²) in [5.41, 5.74) is 2.51. The van der Waals surface area contributed by atoms with Gasteiger partial charge in [-0.3, -0.25) is 9.13 Å². The van der Waals surface area contributed by atoms with Crippen molar-refractivity contribution < 1.29 is 14.6 Å². The van der Waals surface area contributed by atoms with E-state index in [1.54, 1.807) is 23.3 Å². The van der Waals surface area contributed by atoms with Gasteiger partial charge in [0.25, 0.3) is 0 Å². The van der Waals surface area contributed by atoms with E-state index in [1.807, 2.05) is 48.5 Å². The van der Waals surface area contributed by atoms with Gasteiger partial charge in [-0.05, 0) is 29.8 Å². The Balaban J connectivity index is 1.60. The van der Waals surface area contributed by atoms with Crippen molar-refractivity contribution in [3.8, 4) is 5.75 Å². The van der Waals surface area contributed by atoms with Gasteiger partial charge < -0.3 is 14.6 Å². The summed E-state index contributed by atoms with van der Waals surface area (Å²) in [4.78, 5) is 12.3. The van der Waals surface area contributed by atoms with Crippen LogP contribution in [0.3, 0.4) is 0 Å². The van der Waals surface area contributed by atoms with Crippen LogP contribution in [0.5, 0.6) is 5.75 Å². The van der Waals surface area contributed by atoms with E-state index in [9.17, 15) is 9.90 Å². The Hall–Kier alpha value is -2.57. The largest absolute Gasteiger partial charge is 0.497 e. The lowest BCUT2D eigenvalue weighted by atomic mass is 10.2. The molecule has 0 radical (unpaired) electrons. The van der Waals surface area contributed by atoms with E-state index in [1.165, 1.54) is 0 Å².